The number of sulfonamides is 1. The van der Waals surface area contributed by atoms with E-state index in [0.29, 0.717) is 29.3 Å². The van der Waals surface area contributed by atoms with Gasteiger partial charge in [0.25, 0.3) is 0 Å². The minimum Gasteiger partial charge on any atom is -0.391 e. The molecule has 0 spiro atoms. The van der Waals surface area contributed by atoms with Gasteiger partial charge in [0, 0.05) is 30.0 Å². The van der Waals surface area contributed by atoms with Gasteiger partial charge in [0.05, 0.1) is 11.5 Å². The average molecular weight is 279 g/mol. The monoisotopic (exact) mass is 279 g/mol. The molecule has 0 unspecified atom stereocenters. The molecule has 7 heteroatoms. The Hall–Kier alpha value is -0.470. The lowest BCUT2D eigenvalue weighted by molar-refractivity contribution is 0.196. The van der Waals surface area contributed by atoms with E-state index < -0.39 is 10.0 Å². The number of rotatable bonds is 7. The number of ether oxygens (including phenoxy) is 1. The summed E-state index contributed by atoms with van der Waals surface area (Å²) in [6.07, 6.45) is 0.631. The van der Waals surface area contributed by atoms with E-state index >= 15 is 0 Å². The smallest absolute Gasteiger partial charge is 0.241 e. The molecule has 0 aliphatic carbocycles. The van der Waals surface area contributed by atoms with Crippen LogP contribution in [-0.4, -0.2) is 33.8 Å². The maximum atomic E-state index is 11.9. The molecule has 0 aliphatic rings. The molecule has 98 valence electrons. The fourth-order valence-corrected chi connectivity index (χ4v) is 3.94. The van der Waals surface area contributed by atoms with Crippen molar-refractivity contribution in [1.29, 1.82) is 0 Å². The van der Waals surface area contributed by atoms with Crippen LogP contribution in [0.2, 0.25) is 0 Å². The van der Waals surface area contributed by atoms with E-state index in [9.17, 15) is 8.42 Å². The van der Waals surface area contributed by atoms with Crippen LogP contribution < -0.4 is 4.72 Å². The first-order valence-corrected chi connectivity index (χ1v) is 7.50. The lowest BCUT2D eigenvalue weighted by atomic mass is 10.4. The topological polar surface area (TPSA) is 75.6 Å². The summed E-state index contributed by atoms with van der Waals surface area (Å²) in [4.78, 5) is 1.59. The van der Waals surface area contributed by atoms with Crippen LogP contribution in [0.3, 0.4) is 0 Å². The van der Waals surface area contributed by atoms with Crippen LogP contribution in [0, 0.1) is 6.92 Å². The quantitative estimate of drug-likeness (QED) is 0.726. The molecule has 1 rings (SSSR count). The normalized spacial score (nSPS) is 11.9. The van der Waals surface area contributed by atoms with Crippen LogP contribution in [-0.2, 0) is 21.4 Å². The van der Waals surface area contributed by atoms with Crippen molar-refractivity contribution in [2.45, 2.75) is 24.8 Å². The second-order valence-electron chi connectivity index (χ2n) is 3.54. The van der Waals surface area contributed by atoms with Crippen LogP contribution in [0.25, 0.3) is 0 Å². The number of aliphatic hydroxyl groups excluding tert-OH is 1. The summed E-state index contributed by atoms with van der Waals surface area (Å²) < 4.78 is 31.2. The molecular weight excluding hydrogens is 262 g/mol. The van der Waals surface area contributed by atoms with Crippen LogP contribution in [0.4, 0.5) is 0 Å². The molecule has 0 bridgehead atoms. The number of thiophene rings is 1. The molecule has 0 aliphatic heterocycles. The van der Waals surface area contributed by atoms with E-state index in [0.717, 1.165) is 0 Å². The Kier molecular flexibility index (Phi) is 5.54. The number of hydrogen-bond acceptors (Lipinski definition) is 5. The van der Waals surface area contributed by atoms with Crippen LogP contribution in [0.1, 0.15) is 16.2 Å². The molecule has 0 atom stereocenters. The summed E-state index contributed by atoms with van der Waals surface area (Å²) in [5.74, 6) is 0. The van der Waals surface area contributed by atoms with Crippen molar-refractivity contribution < 1.29 is 18.3 Å². The van der Waals surface area contributed by atoms with Gasteiger partial charge in [-0.05, 0) is 19.4 Å². The number of methoxy groups -OCH3 is 1. The van der Waals surface area contributed by atoms with Gasteiger partial charge in [-0.2, -0.15) is 0 Å². The third-order valence-corrected chi connectivity index (χ3v) is 4.94. The number of aryl methyl sites for hydroxylation is 1. The van der Waals surface area contributed by atoms with Crippen LogP contribution >= 0.6 is 11.3 Å². The standard InChI is InChI=1S/C10H17NO4S2/c1-8-10(6-9(7-12)16-8)17(13,14)11-4-3-5-15-2/h6,11-12H,3-5,7H2,1-2H3. The summed E-state index contributed by atoms with van der Waals surface area (Å²) in [6, 6.07) is 1.51. The van der Waals surface area contributed by atoms with E-state index in [-0.39, 0.29) is 11.5 Å². The Morgan fingerprint density at radius 3 is 2.76 bits per heavy atom. The summed E-state index contributed by atoms with van der Waals surface area (Å²) in [5, 5.41) is 8.97. The van der Waals surface area contributed by atoms with Crippen molar-refractivity contribution in [3.05, 3.63) is 15.8 Å². The van der Waals surface area contributed by atoms with Crippen molar-refractivity contribution >= 4 is 21.4 Å². The highest BCUT2D eigenvalue weighted by Gasteiger charge is 2.18. The van der Waals surface area contributed by atoms with Gasteiger partial charge in [-0.3, -0.25) is 0 Å². The molecule has 0 radical (unpaired) electrons. The first-order valence-electron chi connectivity index (χ1n) is 5.20. The van der Waals surface area contributed by atoms with Crippen molar-refractivity contribution in [1.82, 2.24) is 4.72 Å². The van der Waals surface area contributed by atoms with Crippen LogP contribution in [0.5, 0.6) is 0 Å². The van der Waals surface area contributed by atoms with Gasteiger partial charge < -0.3 is 9.84 Å². The molecule has 0 aromatic carbocycles. The van der Waals surface area contributed by atoms with Crippen molar-refractivity contribution in [3.63, 3.8) is 0 Å². The van der Waals surface area contributed by atoms with Gasteiger partial charge in [-0.1, -0.05) is 0 Å². The number of nitrogens with one attached hydrogen (secondary N) is 1. The highest BCUT2D eigenvalue weighted by atomic mass is 32.2. The van der Waals surface area contributed by atoms with Gasteiger partial charge in [0.2, 0.25) is 10.0 Å². The van der Waals surface area contributed by atoms with Crippen molar-refractivity contribution in [2.75, 3.05) is 20.3 Å². The Labute approximate surface area is 105 Å². The first-order chi connectivity index (χ1) is 8.01. The van der Waals surface area contributed by atoms with Gasteiger partial charge in [-0.25, -0.2) is 13.1 Å². The lowest BCUT2D eigenvalue weighted by Crippen LogP contribution is -2.25. The molecule has 0 fully saturated rings. The first kappa shape index (κ1) is 14.6. The van der Waals surface area contributed by atoms with Crippen LogP contribution in [0.15, 0.2) is 11.0 Å². The van der Waals surface area contributed by atoms with Crippen molar-refractivity contribution in [2.24, 2.45) is 0 Å². The predicted octanol–water partition coefficient (Wildman–Crippen LogP) is 0.864. The zero-order valence-electron chi connectivity index (χ0n) is 9.89. The Bertz CT molecular complexity index is 453. The highest BCUT2D eigenvalue weighted by molar-refractivity contribution is 7.89. The Balaban J connectivity index is 2.72. The zero-order valence-corrected chi connectivity index (χ0v) is 11.5. The molecule has 0 saturated carbocycles. The minimum absolute atomic E-state index is 0.134. The average Bonchev–Trinajstić information content (AvgIpc) is 2.67. The molecule has 0 amide bonds. The van der Waals surface area contributed by atoms with E-state index in [2.05, 4.69) is 4.72 Å². The third-order valence-electron chi connectivity index (χ3n) is 2.19. The highest BCUT2D eigenvalue weighted by Crippen LogP contribution is 2.25. The van der Waals surface area contributed by atoms with Crippen molar-refractivity contribution in [3.8, 4) is 0 Å². The molecule has 17 heavy (non-hydrogen) atoms. The molecular formula is C10H17NO4S2. The molecule has 0 saturated heterocycles. The predicted molar refractivity (Wildman–Crippen MR) is 66.7 cm³/mol. The fraction of sp³-hybridized carbons (Fsp3) is 0.600. The van der Waals surface area contributed by atoms with Gasteiger partial charge in [-0.15, -0.1) is 11.3 Å². The van der Waals surface area contributed by atoms with E-state index in [1.165, 1.54) is 17.4 Å². The zero-order chi connectivity index (χ0) is 12.9. The van der Waals surface area contributed by atoms with E-state index in [1.54, 1.807) is 14.0 Å². The van der Waals surface area contributed by atoms with Gasteiger partial charge in [0.15, 0.2) is 0 Å². The number of hydrogen-bond donors (Lipinski definition) is 2. The maximum absolute atomic E-state index is 11.9. The molecule has 5 nitrogen and oxygen atoms in total. The van der Waals surface area contributed by atoms with E-state index in [4.69, 9.17) is 9.84 Å². The molecule has 1 aromatic heterocycles. The molecule has 1 aromatic rings. The minimum atomic E-state index is -3.47. The number of aliphatic hydroxyl groups is 1. The maximum Gasteiger partial charge on any atom is 0.241 e. The second kappa shape index (κ2) is 6.46. The van der Waals surface area contributed by atoms with Gasteiger partial charge >= 0.3 is 0 Å². The fourth-order valence-electron chi connectivity index (χ4n) is 1.37. The van der Waals surface area contributed by atoms with E-state index in [1.807, 2.05) is 0 Å². The van der Waals surface area contributed by atoms with Gasteiger partial charge in [0.1, 0.15) is 0 Å². The largest absolute Gasteiger partial charge is 0.391 e. The lowest BCUT2D eigenvalue weighted by Gasteiger charge is -2.05. The Morgan fingerprint density at radius 2 is 2.24 bits per heavy atom. The summed E-state index contributed by atoms with van der Waals surface area (Å²) in [5.41, 5.74) is 0. The summed E-state index contributed by atoms with van der Waals surface area (Å²) >= 11 is 1.29. The molecule has 1 heterocycles. The summed E-state index contributed by atoms with van der Waals surface area (Å²) in [7, 11) is -1.89. The molecule has 2 N–H and O–H groups in total. The summed E-state index contributed by atoms with van der Waals surface area (Å²) in [6.45, 7) is 2.46. The Morgan fingerprint density at radius 1 is 1.53 bits per heavy atom. The SMILES string of the molecule is COCCCNS(=O)(=O)c1cc(CO)sc1C. The third kappa shape index (κ3) is 4.04. The second-order valence-corrected chi connectivity index (χ2v) is 6.61.